The number of rotatable bonds is 18. The molecule has 0 aromatic heterocycles. The first-order valence-corrected chi connectivity index (χ1v) is 15.7. The number of benzene rings is 3. The van der Waals surface area contributed by atoms with E-state index in [1.165, 1.54) is 30.5 Å². The molecular formula is C38H41N3O7. The molecule has 0 aliphatic rings. The van der Waals surface area contributed by atoms with Gasteiger partial charge >= 0.3 is 17.9 Å². The fraction of sp³-hybridized carbons (Fsp3) is 0.237. The Bertz CT molecular complexity index is 1600. The molecular weight excluding hydrogens is 610 g/mol. The van der Waals surface area contributed by atoms with E-state index in [0.29, 0.717) is 43.1 Å². The summed E-state index contributed by atoms with van der Waals surface area (Å²) >= 11 is 0. The lowest BCUT2D eigenvalue weighted by molar-refractivity contribution is -0.138. The first-order chi connectivity index (χ1) is 23.4. The van der Waals surface area contributed by atoms with Crippen LogP contribution < -0.4 is 14.4 Å². The Balaban J connectivity index is 1.47. The number of ether oxygens (including phenoxy) is 4. The average molecular weight is 652 g/mol. The van der Waals surface area contributed by atoms with Gasteiger partial charge in [0, 0.05) is 24.9 Å². The van der Waals surface area contributed by atoms with Crippen LogP contribution in [-0.2, 0) is 19.1 Å². The van der Waals surface area contributed by atoms with Crippen molar-refractivity contribution in [2.75, 3.05) is 31.2 Å². The molecule has 10 nitrogen and oxygen atoms in total. The molecule has 0 saturated heterocycles. The maximum Gasteiger partial charge on any atom is 0.343 e. The topological polar surface area (TPSA) is 116 Å². The highest BCUT2D eigenvalue weighted by molar-refractivity contribution is 5.94. The maximum atomic E-state index is 12.7. The molecule has 0 aliphatic heterocycles. The highest BCUT2D eigenvalue weighted by Crippen LogP contribution is 2.24. The minimum absolute atomic E-state index is 0.266. The summed E-state index contributed by atoms with van der Waals surface area (Å²) in [6, 6.07) is 20.7. The largest absolute Gasteiger partial charge is 0.501 e. The average Bonchev–Trinajstić information content (AvgIpc) is 3.11. The fourth-order valence-electron chi connectivity index (χ4n) is 4.16. The van der Waals surface area contributed by atoms with Crippen molar-refractivity contribution in [3.8, 4) is 11.5 Å². The lowest BCUT2D eigenvalue weighted by Gasteiger charge is -2.20. The third-order valence-electron chi connectivity index (χ3n) is 6.71. The molecule has 0 spiro atoms. The van der Waals surface area contributed by atoms with Gasteiger partial charge in [-0.15, -0.1) is 0 Å². The molecule has 0 saturated carbocycles. The number of carbonyl (C=O) groups excluding carboxylic acids is 3. The molecule has 0 radical (unpaired) electrons. The van der Waals surface area contributed by atoms with Gasteiger partial charge in [-0.05, 0) is 119 Å². The van der Waals surface area contributed by atoms with Crippen molar-refractivity contribution < 1.29 is 33.3 Å². The molecule has 3 rings (SSSR count). The van der Waals surface area contributed by atoms with E-state index in [2.05, 4.69) is 35.6 Å². The van der Waals surface area contributed by atoms with Crippen molar-refractivity contribution in [1.82, 2.24) is 0 Å². The van der Waals surface area contributed by atoms with Crippen molar-refractivity contribution in [3.63, 3.8) is 0 Å². The highest BCUT2D eigenvalue weighted by atomic mass is 16.5. The van der Waals surface area contributed by atoms with Gasteiger partial charge in [-0.3, -0.25) is 0 Å². The first-order valence-electron chi connectivity index (χ1n) is 15.7. The predicted octanol–water partition coefficient (Wildman–Crippen LogP) is 8.62. The molecule has 0 heterocycles. The van der Waals surface area contributed by atoms with Gasteiger partial charge in [-0.25, -0.2) is 14.4 Å². The number of unbranched alkanes of at least 4 members (excludes halogenated alkanes) is 1. The molecule has 48 heavy (non-hydrogen) atoms. The van der Waals surface area contributed by atoms with Crippen molar-refractivity contribution in [1.29, 1.82) is 0 Å². The quantitative estimate of drug-likeness (QED) is 0.0255. The number of nitrogens with zero attached hydrogens (tertiary/aromatic N) is 3. The Kier molecular flexibility index (Phi) is 15.6. The van der Waals surface area contributed by atoms with E-state index >= 15 is 0 Å². The highest BCUT2D eigenvalue weighted by Gasteiger charge is 2.12. The van der Waals surface area contributed by atoms with Crippen molar-refractivity contribution in [3.05, 3.63) is 127 Å². The molecule has 3 aromatic rings. The second-order valence-corrected chi connectivity index (χ2v) is 10.1. The molecule has 0 amide bonds. The standard InChI is InChI=1S/C38H41N3O7/c1-5-12-29(13-11-27-45-26-9-10-28-46-36(42)6-2)37(43)47-34-22-14-30(15-23-34)38(44)48-35-24-18-32(19-25-35)40-39-31-16-20-33(21-17-31)41(7-3)8-4/h5-6,11-25,27H,2,7-10,26,28H2,1,3-4H3/b12-5-,27-11+,29-13+,40-39?. The number of azo groups is 1. The van der Waals surface area contributed by atoms with Gasteiger partial charge in [0.2, 0.25) is 0 Å². The Morgan fingerprint density at radius 1 is 0.792 bits per heavy atom. The van der Waals surface area contributed by atoms with Gasteiger partial charge in [0.25, 0.3) is 0 Å². The Morgan fingerprint density at radius 3 is 1.98 bits per heavy atom. The number of hydrogen-bond acceptors (Lipinski definition) is 10. The molecule has 0 fully saturated rings. The van der Waals surface area contributed by atoms with Crippen LogP contribution in [0.2, 0.25) is 0 Å². The Labute approximate surface area is 281 Å². The maximum absolute atomic E-state index is 12.7. The van der Waals surface area contributed by atoms with Crippen molar-refractivity contribution in [2.24, 2.45) is 10.2 Å². The number of allylic oxidation sites excluding steroid dienone is 3. The molecule has 0 aliphatic carbocycles. The van der Waals surface area contributed by atoms with Gasteiger partial charge in [0.05, 0.1) is 42.0 Å². The summed E-state index contributed by atoms with van der Waals surface area (Å²) in [7, 11) is 0. The Hall–Kier alpha value is -5.77. The number of carbonyl (C=O) groups is 3. The number of anilines is 1. The van der Waals surface area contributed by atoms with E-state index < -0.39 is 17.9 Å². The van der Waals surface area contributed by atoms with Gasteiger partial charge in [0.1, 0.15) is 11.5 Å². The molecule has 250 valence electrons. The van der Waals surface area contributed by atoms with Crippen LogP contribution in [0.15, 0.2) is 132 Å². The molecule has 0 atom stereocenters. The van der Waals surface area contributed by atoms with Crippen LogP contribution in [0.5, 0.6) is 11.5 Å². The van der Waals surface area contributed by atoms with E-state index in [1.54, 1.807) is 55.5 Å². The minimum Gasteiger partial charge on any atom is -0.501 e. The summed E-state index contributed by atoms with van der Waals surface area (Å²) in [5.74, 6) is -0.972. The zero-order valence-electron chi connectivity index (χ0n) is 27.5. The van der Waals surface area contributed by atoms with Crippen LogP contribution in [0.3, 0.4) is 0 Å². The zero-order chi connectivity index (χ0) is 34.6. The van der Waals surface area contributed by atoms with Crippen LogP contribution >= 0.6 is 0 Å². The van der Waals surface area contributed by atoms with Crippen LogP contribution in [0.1, 0.15) is 44.0 Å². The summed E-state index contributed by atoms with van der Waals surface area (Å²) in [4.78, 5) is 38.7. The third kappa shape index (κ3) is 12.6. The summed E-state index contributed by atoms with van der Waals surface area (Å²) in [5, 5.41) is 8.56. The molecule has 0 N–H and O–H groups in total. The first kappa shape index (κ1) is 36.7. The van der Waals surface area contributed by atoms with Crippen LogP contribution in [0.4, 0.5) is 17.1 Å². The summed E-state index contributed by atoms with van der Waals surface area (Å²) in [6.45, 7) is 12.0. The van der Waals surface area contributed by atoms with Crippen molar-refractivity contribution >= 4 is 35.0 Å². The summed E-state index contributed by atoms with van der Waals surface area (Å²) in [5.41, 5.74) is 3.08. The number of hydrogen-bond donors (Lipinski definition) is 0. The molecule has 0 unspecified atom stereocenters. The predicted molar refractivity (Wildman–Crippen MR) is 186 cm³/mol. The minimum atomic E-state index is -0.578. The normalized spacial score (nSPS) is 11.5. The number of esters is 3. The lowest BCUT2D eigenvalue weighted by Crippen LogP contribution is -2.21. The fourth-order valence-corrected chi connectivity index (χ4v) is 4.16. The van der Waals surface area contributed by atoms with E-state index in [-0.39, 0.29) is 11.3 Å². The van der Waals surface area contributed by atoms with E-state index in [1.807, 2.05) is 24.3 Å². The van der Waals surface area contributed by atoms with E-state index in [0.717, 1.165) is 30.5 Å². The monoisotopic (exact) mass is 651 g/mol. The van der Waals surface area contributed by atoms with Crippen LogP contribution in [-0.4, -0.2) is 44.2 Å². The zero-order valence-corrected chi connectivity index (χ0v) is 27.5. The van der Waals surface area contributed by atoms with Gasteiger partial charge in [-0.2, -0.15) is 10.2 Å². The second kappa shape index (κ2) is 20.4. The van der Waals surface area contributed by atoms with Gasteiger partial charge in [0.15, 0.2) is 0 Å². The van der Waals surface area contributed by atoms with E-state index in [4.69, 9.17) is 18.9 Å². The second-order valence-electron chi connectivity index (χ2n) is 10.1. The molecule has 3 aromatic carbocycles. The lowest BCUT2D eigenvalue weighted by atomic mass is 10.2. The third-order valence-corrected chi connectivity index (χ3v) is 6.71. The van der Waals surface area contributed by atoms with Crippen molar-refractivity contribution in [2.45, 2.75) is 33.6 Å². The van der Waals surface area contributed by atoms with Gasteiger partial charge < -0.3 is 23.8 Å². The van der Waals surface area contributed by atoms with Crippen LogP contribution in [0.25, 0.3) is 0 Å². The SMILES string of the molecule is C=CC(=O)OCCCCO/C=C/C=C(\C=C/C)C(=O)Oc1ccc(C(=O)Oc2ccc(N=Nc3ccc(N(CC)CC)cc3)cc2)cc1. The van der Waals surface area contributed by atoms with Gasteiger partial charge in [-0.1, -0.05) is 18.7 Å². The van der Waals surface area contributed by atoms with Crippen LogP contribution in [0, 0.1) is 0 Å². The summed E-state index contributed by atoms with van der Waals surface area (Å²) in [6.07, 6.45) is 10.4. The molecule has 0 bridgehead atoms. The summed E-state index contributed by atoms with van der Waals surface area (Å²) < 4.78 is 21.3. The van der Waals surface area contributed by atoms with E-state index in [9.17, 15) is 14.4 Å². The smallest absolute Gasteiger partial charge is 0.343 e. The Morgan fingerprint density at radius 2 is 1.38 bits per heavy atom. The molecule has 10 heteroatoms.